The van der Waals surface area contributed by atoms with E-state index in [2.05, 4.69) is 15.5 Å². The normalized spacial score (nSPS) is 17.8. The fraction of sp³-hybridized carbons (Fsp3) is 0.429. The summed E-state index contributed by atoms with van der Waals surface area (Å²) in [5.74, 6) is 1.20. The highest BCUT2D eigenvalue weighted by atomic mass is 35.5. The van der Waals surface area contributed by atoms with E-state index in [9.17, 15) is 4.79 Å². The van der Waals surface area contributed by atoms with Gasteiger partial charge < -0.3 is 14.6 Å². The summed E-state index contributed by atoms with van der Waals surface area (Å²) >= 11 is 0. The number of rotatable bonds is 4. The number of hydrogen-bond donors (Lipinski definition) is 2. The summed E-state index contributed by atoms with van der Waals surface area (Å²) in [4.78, 5) is 14.2. The zero-order valence-electron chi connectivity index (χ0n) is 11.8. The van der Waals surface area contributed by atoms with Gasteiger partial charge in [0.05, 0.1) is 6.26 Å². The van der Waals surface area contributed by atoms with Crippen LogP contribution in [0.15, 0.2) is 28.9 Å². The van der Waals surface area contributed by atoms with Crippen LogP contribution in [0.3, 0.4) is 0 Å². The molecule has 6 nitrogen and oxygen atoms in total. The van der Waals surface area contributed by atoms with Gasteiger partial charge in [-0.25, -0.2) is 0 Å². The molecule has 1 amide bonds. The summed E-state index contributed by atoms with van der Waals surface area (Å²) in [5.41, 5.74) is 1.17. The van der Waals surface area contributed by atoms with E-state index in [0.29, 0.717) is 17.4 Å². The van der Waals surface area contributed by atoms with Crippen molar-refractivity contribution in [1.29, 1.82) is 0 Å². The number of aromatic nitrogens is 2. The van der Waals surface area contributed by atoms with Gasteiger partial charge in [0, 0.05) is 19.2 Å². The predicted octanol–water partition coefficient (Wildman–Crippen LogP) is 1.77. The number of aromatic amines is 1. The second-order valence-corrected chi connectivity index (χ2v) is 5.11. The Balaban J connectivity index is 0.00000161. The topological polar surface area (TPSA) is 74.2 Å². The number of carbonyl (C=O) groups excluding carboxylic acids is 1. The minimum atomic E-state index is -0.0161. The summed E-state index contributed by atoms with van der Waals surface area (Å²) in [6.45, 7) is 2.54. The fourth-order valence-electron chi connectivity index (χ4n) is 2.62. The number of nitrogens with zero attached hydrogens (tertiary/aromatic N) is 2. The fourth-order valence-corrected chi connectivity index (χ4v) is 2.62. The Kier molecular flexibility index (Phi) is 5.03. The molecule has 1 saturated heterocycles. The molecule has 0 radical (unpaired) electrons. The quantitative estimate of drug-likeness (QED) is 0.902. The SMILES string of the molecule is CNCC1CCN(C(=O)c2cc(-c3ccco3)[nH]n2)C1.Cl. The molecule has 2 aromatic rings. The Morgan fingerprint density at radius 3 is 3.19 bits per heavy atom. The third-order valence-corrected chi connectivity index (χ3v) is 3.65. The number of carbonyl (C=O) groups is 1. The number of furan rings is 1. The van der Waals surface area contributed by atoms with Crippen LogP contribution < -0.4 is 5.32 Å². The highest BCUT2D eigenvalue weighted by Crippen LogP contribution is 2.21. The maximum Gasteiger partial charge on any atom is 0.274 e. The van der Waals surface area contributed by atoms with E-state index >= 15 is 0 Å². The average Bonchev–Trinajstić information content (AvgIpc) is 3.19. The van der Waals surface area contributed by atoms with E-state index in [0.717, 1.165) is 31.7 Å². The molecule has 1 unspecified atom stereocenters. The first-order valence-corrected chi connectivity index (χ1v) is 6.81. The first-order valence-electron chi connectivity index (χ1n) is 6.81. The summed E-state index contributed by atoms with van der Waals surface area (Å²) in [5, 5.41) is 10.1. The highest BCUT2D eigenvalue weighted by Gasteiger charge is 2.27. The molecule has 2 aromatic heterocycles. The molecule has 114 valence electrons. The van der Waals surface area contributed by atoms with Gasteiger partial charge in [-0.1, -0.05) is 0 Å². The van der Waals surface area contributed by atoms with E-state index in [1.54, 1.807) is 18.4 Å². The Morgan fingerprint density at radius 1 is 1.62 bits per heavy atom. The number of amides is 1. The summed E-state index contributed by atoms with van der Waals surface area (Å²) in [6, 6.07) is 5.38. The minimum Gasteiger partial charge on any atom is -0.463 e. The van der Waals surface area contributed by atoms with Crippen LogP contribution in [-0.4, -0.2) is 47.7 Å². The van der Waals surface area contributed by atoms with Crippen molar-refractivity contribution in [2.45, 2.75) is 6.42 Å². The van der Waals surface area contributed by atoms with Gasteiger partial charge in [-0.15, -0.1) is 12.4 Å². The lowest BCUT2D eigenvalue weighted by molar-refractivity contribution is 0.0781. The number of likely N-dealkylation sites (tertiary alicyclic amines) is 1. The second-order valence-electron chi connectivity index (χ2n) is 5.11. The lowest BCUT2D eigenvalue weighted by atomic mass is 10.1. The maximum absolute atomic E-state index is 12.4. The van der Waals surface area contributed by atoms with Gasteiger partial charge in [0.1, 0.15) is 5.69 Å². The molecular formula is C14H19ClN4O2. The van der Waals surface area contributed by atoms with Crippen LogP contribution in [0.2, 0.25) is 0 Å². The van der Waals surface area contributed by atoms with Crippen LogP contribution in [0.1, 0.15) is 16.9 Å². The monoisotopic (exact) mass is 310 g/mol. The zero-order chi connectivity index (χ0) is 13.9. The zero-order valence-corrected chi connectivity index (χ0v) is 12.7. The van der Waals surface area contributed by atoms with E-state index in [-0.39, 0.29) is 18.3 Å². The molecular weight excluding hydrogens is 292 g/mol. The Hall–Kier alpha value is -1.79. The van der Waals surface area contributed by atoms with E-state index < -0.39 is 0 Å². The van der Waals surface area contributed by atoms with Crippen molar-refractivity contribution in [3.63, 3.8) is 0 Å². The Bertz CT molecular complexity index is 582. The van der Waals surface area contributed by atoms with Crippen LogP contribution >= 0.6 is 12.4 Å². The lowest BCUT2D eigenvalue weighted by Gasteiger charge is -2.14. The first-order chi connectivity index (χ1) is 9.78. The molecule has 1 aliphatic heterocycles. The molecule has 1 fully saturated rings. The molecule has 0 bridgehead atoms. The molecule has 1 atom stereocenters. The van der Waals surface area contributed by atoms with Crippen LogP contribution in [0.5, 0.6) is 0 Å². The van der Waals surface area contributed by atoms with Crippen molar-refractivity contribution in [2.24, 2.45) is 5.92 Å². The molecule has 21 heavy (non-hydrogen) atoms. The number of nitrogens with one attached hydrogen (secondary N) is 2. The van der Waals surface area contributed by atoms with Crippen molar-refractivity contribution in [2.75, 3.05) is 26.7 Å². The molecule has 3 rings (SSSR count). The first kappa shape index (κ1) is 15.6. The lowest BCUT2D eigenvalue weighted by Crippen LogP contribution is -2.30. The third kappa shape index (κ3) is 3.28. The number of H-pyrrole nitrogens is 1. The summed E-state index contributed by atoms with van der Waals surface area (Å²) in [6.07, 6.45) is 2.64. The molecule has 0 aromatic carbocycles. The summed E-state index contributed by atoms with van der Waals surface area (Å²) in [7, 11) is 1.94. The Labute approximate surface area is 129 Å². The van der Waals surface area contributed by atoms with Gasteiger partial charge in [-0.05, 0) is 38.1 Å². The smallest absolute Gasteiger partial charge is 0.274 e. The minimum absolute atomic E-state index is 0. The van der Waals surface area contributed by atoms with Gasteiger partial charge >= 0.3 is 0 Å². The second kappa shape index (κ2) is 6.78. The third-order valence-electron chi connectivity index (χ3n) is 3.65. The van der Waals surface area contributed by atoms with Crippen molar-refractivity contribution in [3.05, 3.63) is 30.2 Å². The largest absolute Gasteiger partial charge is 0.463 e. The van der Waals surface area contributed by atoms with Crippen molar-refractivity contribution in [3.8, 4) is 11.5 Å². The molecule has 0 saturated carbocycles. The van der Waals surface area contributed by atoms with Gasteiger partial charge in [0.25, 0.3) is 5.91 Å². The molecule has 0 spiro atoms. The van der Waals surface area contributed by atoms with Crippen molar-refractivity contribution < 1.29 is 9.21 Å². The van der Waals surface area contributed by atoms with Gasteiger partial charge in [-0.3, -0.25) is 9.89 Å². The molecule has 1 aliphatic rings. The van der Waals surface area contributed by atoms with Crippen LogP contribution in [0, 0.1) is 5.92 Å². The van der Waals surface area contributed by atoms with Crippen LogP contribution in [-0.2, 0) is 0 Å². The van der Waals surface area contributed by atoms with Crippen LogP contribution in [0.25, 0.3) is 11.5 Å². The van der Waals surface area contributed by atoms with Crippen molar-refractivity contribution >= 4 is 18.3 Å². The van der Waals surface area contributed by atoms with Gasteiger partial charge in [0.15, 0.2) is 11.5 Å². The van der Waals surface area contributed by atoms with E-state index in [4.69, 9.17) is 4.42 Å². The highest BCUT2D eigenvalue weighted by molar-refractivity contribution is 5.93. The average molecular weight is 311 g/mol. The maximum atomic E-state index is 12.4. The molecule has 3 heterocycles. The van der Waals surface area contributed by atoms with Gasteiger partial charge in [0.2, 0.25) is 0 Å². The van der Waals surface area contributed by atoms with E-state index in [1.165, 1.54) is 0 Å². The number of halogens is 1. The summed E-state index contributed by atoms with van der Waals surface area (Å²) < 4.78 is 5.28. The van der Waals surface area contributed by atoms with Crippen molar-refractivity contribution in [1.82, 2.24) is 20.4 Å². The molecule has 7 heteroatoms. The van der Waals surface area contributed by atoms with Crippen LogP contribution in [0.4, 0.5) is 0 Å². The number of hydrogen-bond acceptors (Lipinski definition) is 4. The predicted molar refractivity (Wildman–Crippen MR) is 81.5 cm³/mol. The van der Waals surface area contributed by atoms with E-state index in [1.807, 2.05) is 18.0 Å². The Morgan fingerprint density at radius 2 is 2.48 bits per heavy atom. The molecule has 0 aliphatic carbocycles. The van der Waals surface area contributed by atoms with Gasteiger partial charge in [-0.2, -0.15) is 5.10 Å². The molecule has 2 N–H and O–H groups in total. The standard InChI is InChI=1S/C14H18N4O2.ClH/c1-15-8-10-4-5-18(9-10)14(19)12-7-11(16-17-12)13-3-2-6-20-13;/h2-3,6-7,10,15H,4-5,8-9H2,1H3,(H,16,17);1H.